The molecule has 1 aliphatic carbocycles. The van der Waals surface area contributed by atoms with Crippen LogP contribution in [-0.4, -0.2) is 22.6 Å². The lowest BCUT2D eigenvalue weighted by Gasteiger charge is -2.37. The number of anilines is 1. The van der Waals surface area contributed by atoms with Crippen LogP contribution in [0.15, 0.2) is 18.2 Å². The summed E-state index contributed by atoms with van der Waals surface area (Å²) in [6, 6.07) is 3.51. The molecule has 1 saturated carbocycles. The van der Waals surface area contributed by atoms with Gasteiger partial charge in [-0.1, -0.05) is 12.5 Å². The van der Waals surface area contributed by atoms with Gasteiger partial charge in [0.1, 0.15) is 11.5 Å². The van der Waals surface area contributed by atoms with E-state index in [9.17, 15) is 18.0 Å². The minimum atomic E-state index is -4.50. The highest BCUT2D eigenvalue weighted by Gasteiger charge is 2.44. The van der Waals surface area contributed by atoms with E-state index in [0.29, 0.717) is 12.8 Å². The summed E-state index contributed by atoms with van der Waals surface area (Å²) in [7, 11) is 0. The first-order chi connectivity index (χ1) is 8.83. The highest BCUT2D eigenvalue weighted by Crippen LogP contribution is 2.41. The number of alkyl halides is 3. The van der Waals surface area contributed by atoms with E-state index in [1.54, 1.807) is 0 Å². The van der Waals surface area contributed by atoms with Gasteiger partial charge in [0.05, 0.1) is 5.41 Å². The van der Waals surface area contributed by atoms with Crippen LogP contribution < -0.4 is 5.32 Å². The number of hydrogen-bond donors (Lipinski definition) is 2. The van der Waals surface area contributed by atoms with Gasteiger partial charge in [0.25, 0.3) is 0 Å². The molecule has 7 heteroatoms. The predicted octanol–water partition coefficient (Wildman–Crippen LogP) is 2.77. The minimum absolute atomic E-state index is 0.0438. The van der Waals surface area contributed by atoms with Crippen molar-refractivity contribution in [2.24, 2.45) is 5.41 Å². The Hall–Kier alpha value is -1.79. The molecular weight excluding hydrogens is 261 g/mol. The van der Waals surface area contributed by atoms with Gasteiger partial charge in [-0.25, -0.2) is 4.98 Å². The third kappa shape index (κ3) is 2.80. The first-order valence-corrected chi connectivity index (χ1v) is 5.85. The number of carboxylic acid groups (broad SMARTS) is 1. The van der Waals surface area contributed by atoms with Crippen molar-refractivity contribution in [3.05, 3.63) is 23.9 Å². The summed E-state index contributed by atoms with van der Waals surface area (Å²) < 4.78 is 37.4. The first kappa shape index (κ1) is 13.6. The number of hydrogen-bond acceptors (Lipinski definition) is 3. The van der Waals surface area contributed by atoms with Crippen LogP contribution in [0.2, 0.25) is 0 Å². The Morgan fingerprint density at radius 1 is 1.42 bits per heavy atom. The molecule has 0 saturated heterocycles. The van der Waals surface area contributed by atoms with Crippen molar-refractivity contribution in [1.82, 2.24) is 4.98 Å². The average Bonchev–Trinajstić information content (AvgIpc) is 2.26. The van der Waals surface area contributed by atoms with Crippen LogP contribution in [0, 0.1) is 5.41 Å². The normalized spacial score (nSPS) is 17.6. The molecule has 0 amide bonds. The minimum Gasteiger partial charge on any atom is -0.481 e. The molecule has 1 heterocycles. The molecule has 4 nitrogen and oxygen atoms in total. The maximum atomic E-state index is 12.5. The Morgan fingerprint density at radius 2 is 2.11 bits per heavy atom. The molecule has 0 bridgehead atoms. The molecule has 1 aliphatic rings. The predicted molar refractivity (Wildman–Crippen MR) is 61.6 cm³/mol. The Morgan fingerprint density at radius 3 is 2.58 bits per heavy atom. The molecule has 0 aromatic carbocycles. The van der Waals surface area contributed by atoms with Crippen molar-refractivity contribution in [2.75, 3.05) is 11.9 Å². The van der Waals surface area contributed by atoms with Crippen LogP contribution >= 0.6 is 0 Å². The van der Waals surface area contributed by atoms with Crippen molar-refractivity contribution < 1.29 is 23.1 Å². The van der Waals surface area contributed by atoms with Gasteiger partial charge < -0.3 is 10.4 Å². The third-order valence-electron chi connectivity index (χ3n) is 3.41. The fourth-order valence-corrected chi connectivity index (χ4v) is 2.02. The molecule has 0 atom stereocenters. The molecule has 19 heavy (non-hydrogen) atoms. The average molecular weight is 274 g/mol. The number of halogens is 3. The number of carboxylic acids is 1. The van der Waals surface area contributed by atoms with Gasteiger partial charge in [0, 0.05) is 6.54 Å². The maximum Gasteiger partial charge on any atom is 0.433 e. The number of rotatable bonds is 4. The summed E-state index contributed by atoms with van der Waals surface area (Å²) in [5.41, 5.74) is -1.86. The molecule has 0 unspecified atom stereocenters. The molecule has 0 radical (unpaired) electrons. The smallest absolute Gasteiger partial charge is 0.433 e. The van der Waals surface area contributed by atoms with Gasteiger partial charge in [-0.15, -0.1) is 0 Å². The molecule has 2 N–H and O–H groups in total. The second kappa shape index (κ2) is 4.71. The SMILES string of the molecule is O=C(O)C1(CNc2cccc(C(F)(F)F)n2)CCC1. The number of aromatic nitrogens is 1. The summed E-state index contributed by atoms with van der Waals surface area (Å²) >= 11 is 0. The van der Waals surface area contributed by atoms with Crippen LogP contribution in [-0.2, 0) is 11.0 Å². The molecule has 2 rings (SSSR count). The van der Waals surface area contributed by atoms with Gasteiger partial charge in [-0.3, -0.25) is 4.79 Å². The molecule has 1 aromatic rings. The molecule has 0 aliphatic heterocycles. The van der Waals surface area contributed by atoms with Crippen LogP contribution in [0.5, 0.6) is 0 Å². The van der Waals surface area contributed by atoms with Crippen LogP contribution in [0.4, 0.5) is 19.0 Å². The quantitative estimate of drug-likeness (QED) is 0.886. The molecule has 104 valence electrons. The van der Waals surface area contributed by atoms with Crippen molar-refractivity contribution >= 4 is 11.8 Å². The van der Waals surface area contributed by atoms with Gasteiger partial charge >= 0.3 is 12.1 Å². The molecular formula is C12H13F3N2O2. The van der Waals surface area contributed by atoms with Gasteiger partial charge in [0.15, 0.2) is 0 Å². The van der Waals surface area contributed by atoms with E-state index >= 15 is 0 Å². The largest absolute Gasteiger partial charge is 0.481 e. The highest BCUT2D eigenvalue weighted by atomic mass is 19.4. The lowest BCUT2D eigenvalue weighted by atomic mass is 9.69. The number of aliphatic carboxylic acids is 1. The maximum absolute atomic E-state index is 12.5. The van der Waals surface area contributed by atoms with Crippen LogP contribution in [0.1, 0.15) is 25.0 Å². The Bertz CT molecular complexity index is 484. The number of carbonyl (C=O) groups is 1. The monoisotopic (exact) mass is 274 g/mol. The van der Waals surface area contributed by atoms with Crippen LogP contribution in [0.3, 0.4) is 0 Å². The van der Waals surface area contributed by atoms with Crippen LogP contribution in [0.25, 0.3) is 0 Å². The van der Waals surface area contributed by atoms with E-state index in [4.69, 9.17) is 5.11 Å². The highest BCUT2D eigenvalue weighted by molar-refractivity contribution is 5.76. The van der Waals surface area contributed by atoms with Crippen molar-refractivity contribution in [2.45, 2.75) is 25.4 Å². The van der Waals surface area contributed by atoms with Crippen molar-refractivity contribution in [3.8, 4) is 0 Å². The van der Waals surface area contributed by atoms with E-state index < -0.39 is 23.3 Å². The molecule has 0 spiro atoms. The molecule has 1 fully saturated rings. The fraction of sp³-hybridized carbons (Fsp3) is 0.500. The zero-order valence-electron chi connectivity index (χ0n) is 10.00. The van der Waals surface area contributed by atoms with E-state index in [0.717, 1.165) is 12.5 Å². The van der Waals surface area contributed by atoms with E-state index in [2.05, 4.69) is 10.3 Å². The lowest BCUT2D eigenvalue weighted by molar-refractivity contribution is -0.153. The van der Waals surface area contributed by atoms with E-state index in [1.165, 1.54) is 12.1 Å². The zero-order valence-corrected chi connectivity index (χ0v) is 10.00. The topological polar surface area (TPSA) is 62.2 Å². The standard InChI is InChI=1S/C12H13F3N2O2/c13-12(14,15)8-3-1-4-9(17-8)16-7-11(10(18)19)5-2-6-11/h1,3-4H,2,5-7H2,(H,16,17)(H,18,19). The Balaban J connectivity index is 2.06. The summed E-state index contributed by atoms with van der Waals surface area (Å²) in [4.78, 5) is 14.5. The third-order valence-corrected chi connectivity index (χ3v) is 3.41. The Labute approximate surface area is 107 Å². The lowest BCUT2D eigenvalue weighted by Crippen LogP contribution is -2.43. The van der Waals surface area contributed by atoms with E-state index in [1.807, 2.05) is 0 Å². The zero-order chi connectivity index (χ0) is 14.1. The Kier molecular flexibility index (Phi) is 3.38. The van der Waals surface area contributed by atoms with E-state index in [-0.39, 0.29) is 12.4 Å². The number of nitrogens with zero attached hydrogens (tertiary/aromatic N) is 1. The number of pyridine rings is 1. The van der Waals surface area contributed by atoms with Gasteiger partial charge in [-0.2, -0.15) is 13.2 Å². The second-order valence-electron chi connectivity index (χ2n) is 4.70. The summed E-state index contributed by atoms with van der Waals surface area (Å²) in [6.45, 7) is 0.0939. The van der Waals surface area contributed by atoms with Gasteiger partial charge in [0.2, 0.25) is 0 Å². The number of nitrogens with one attached hydrogen (secondary N) is 1. The molecule has 1 aromatic heterocycles. The fourth-order valence-electron chi connectivity index (χ4n) is 2.02. The summed E-state index contributed by atoms with van der Waals surface area (Å²) in [6.07, 6.45) is -2.61. The summed E-state index contributed by atoms with van der Waals surface area (Å²) in [5.74, 6) is -0.874. The van der Waals surface area contributed by atoms with Crippen molar-refractivity contribution in [1.29, 1.82) is 0 Å². The first-order valence-electron chi connectivity index (χ1n) is 5.85. The van der Waals surface area contributed by atoms with Gasteiger partial charge in [-0.05, 0) is 25.0 Å². The summed E-state index contributed by atoms with van der Waals surface area (Å²) in [5, 5.41) is 11.8. The van der Waals surface area contributed by atoms with Crippen molar-refractivity contribution in [3.63, 3.8) is 0 Å². The second-order valence-corrected chi connectivity index (χ2v) is 4.70.